The molecule has 0 aliphatic carbocycles. The van der Waals surface area contributed by atoms with Gasteiger partial charge in [-0.2, -0.15) is 0 Å². The maximum absolute atomic E-state index is 13.7. The maximum atomic E-state index is 13.7. The average Bonchev–Trinajstić information content (AvgIpc) is 3.93. The minimum atomic E-state index is -1.07. The summed E-state index contributed by atoms with van der Waals surface area (Å²) in [6, 6.07) is 25.0. The van der Waals surface area contributed by atoms with Crippen LogP contribution in [0.15, 0.2) is 109 Å². The number of benzene rings is 4. The van der Waals surface area contributed by atoms with Crippen molar-refractivity contribution in [1.29, 1.82) is 0 Å². The van der Waals surface area contributed by atoms with Gasteiger partial charge in [0, 0.05) is 47.0 Å². The van der Waals surface area contributed by atoms with Crippen molar-refractivity contribution < 1.29 is 79.7 Å². The number of carbonyl (C=O) groups is 6. The molecule has 2 aromatic heterocycles. The van der Waals surface area contributed by atoms with Crippen molar-refractivity contribution in [2.45, 2.75) is 85.7 Å². The van der Waals surface area contributed by atoms with E-state index in [1.54, 1.807) is 52.2 Å². The number of esters is 2. The maximum Gasteiger partial charge on any atom is 0.408 e. The van der Waals surface area contributed by atoms with Crippen LogP contribution >= 0.6 is 0 Å². The molecule has 384 valence electrons. The van der Waals surface area contributed by atoms with E-state index in [4.69, 9.17) is 19.3 Å². The number of alkyl carbamates (subject to hydrolysis) is 2. The summed E-state index contributed by atoms with van der Waals surface area (Å²) >= 11 is 0. The van der Waals surface area contributed by atoms with Gasteiger partial charge in [-0.3, -0.25) is 9.59 Å². The monoisotopic (exact) mass is 1010 g/mol. The average molecular weight is 1010 g/mol. The first kappa shape index (κ1) is 59.8. The SMILES string of the molecule is C.CC(C)[C@H](NC(=O)OCc1ccccc1)C(=O)O.COC(=O)C(CC(=O)[C@@H](NC(=O)OCc1ccccc1)C(C)C)Cc1c[nH]c2ccc(F)cc12.COC(=O)C([NH3+])Cc1c[nH]c2ccc(F)cc12.[Cl-]. The number of Topliss-reactive ketones (excluding diaryl/α,β-unsaturated/α-hetero) is 1. The van der Waals surface area contributed by atoms with Crippen molar-refractivity contribution in [2.75, 3.05) is 14.2 Å². The Labute approximate surface area is 417 Å². The number of amides is 2. The molecule has 19 heteroatoms. The van der Waals surface area contributed by atoms with Crippen molar-refractivity contribution in [3.8, 4) is 0 Å². The minimum Gasteiger partial charge on any atom is -1.00 e. The molecule has 4 aromatic carbocycles. The van der Waals surface area contributed by atoms with E-state index in [9.17, 15) is 37.5 Å². The van der Waals surface area contributed by atoms with Gasteiger partial charge in [-0.15, -0.1) is 0 Å². The molecule has 8 N–H and O–H groups in total. The molecule has 2 heterocycles. The summed E-state index contributed by atoms with van der Waals surface area (Å²) in [5.74, 6) is -4.19. The van der Waals surface area contributed by atoms with E-state index in [2.05, 4.69) is 31.1 Å². The molecule has 6 rings (SSSR count). The molecule has 0 saturated carbocycles. The zero-order chi connectivity index (χ0) is 50.6. The summed E-state index contributed by atoms with van der Waals surface area (Å²) in [5.41, 5.74) is 8.55. The molecule has 0 aliphatic heterocycles. The van der Waals surface area contributed by atoms with Crippen LogP contribution in [0.25, 0.3) is 21.8 Å². The molecule has 0 aliphatic rings. The number of fused-ring (bicyclic) bond motifs is 2. The molecule has 0 fully saturated rings. The number of rotatable bonds is 18. The van der Waals surface area contributed by atoms with Crippen molar-refractivity contribution in [3.05, 3.63) is 143 Å². The largest absolute Gasteiger partial charge is 1.00 e. The van der Waals surface area contributed by atoms with Gasteiger partial charge in [0.1, 0.15) is 30.9 Å². The number of quaternary nitrogens is 1. The Balaban J connectivity index is 0.000000395. The van der Waals surface area contributed by atoms with Crippen molar-refractivity contribution in [2.24, 2.45) is 17.8 Å². The molecule has 0 bridgehead atoms. The highest BCUT2D eigenvalue weighted by molar-refractivity contribution is 5.91. The smallest absolute Gasteiger partial charge is 0.408 e. The van der Waals surface area contributed by atoms with Gasteiger partial charge in [0.15, 0.2) is 11.8 Å². The molecule has 2 unspecified atom stereocenters. The number of methoxy groups -OCH3 is 2. The number of carboxylic acids is 1. The number of ketones is 1. The Hall–Kier alpha value is -7.31. The Morgan fingerprint density at radius 1 is 0.634 bits per heavy atom. The van der Waals surface area contributed by atoms with Crippen molar-refractivity contribution in [3.63, 3.8) is 0 Å². The predicted molar refractivity (Wildman–Crippen MR) is 259 cm³/mol. The molecule has 16 nitrogen and oxygen atoms in total. The summed E-state index contributed by atoms with van der Waals surface area (Å²) in [6.07, 6.45) is 2.50. The second-order valence-corrected chi connectivity index (χ2v) is 16.7. The lowest BCUT2D eigenvalue weighted by atomic mass is 9.89. The zero-order valence-corrected chi connectivity index (χ0v) is 40.5. The Kier molecular flexibility index (Phi) is 25.0. The number of hydrogen-bond donors (Lipinski definition) is 6. The van der Waals surface area contributed by atoms with Gasteiger partial charge < -0.3 is 62.8 Å². The van der Waals surface area contributed by atoms with Crippen molar-refractivity contribution >= 4 is 57.7 Å². The molecule has 0 saturated heterocycles. The molecule has 2 amide bonds. The normalized spacial score (nSPS) is 12.2. The number of carbonyl (C=O) groups excluding carboxylic acids is 5. The third kappa shape index (κ3) is 18.8. The third-order valence-corrected chi connectivity index (χ3v) is 10.8. The topological polar surface area (TPSA) is 243 Å². The Bertz CT molecular complexity index is 2640. The number of aromatic nitrogens is 2. The number of ether oxygens (including phenoxy) is 4. The summed E-state index contributed by atoms with van der Waals surface area (Å²) in [6.45, 7) is 7.24. The van der Waals surface area contributed by atoms with E-state index in [1.807, 2.05) is 60.7 Å². The van der Waals surface area contributed by atoms with Crippen LogP contribution in [0.4, 0.5) is 18.4 Å². The third-order valence-electron chi connectivity index (χ3n) is 10.8. The van der Waals surface area contributed by atoms with E-state index in [1.165, 1.54) is 38.5 Å². The predicted octanol–water partition coefficient (Wildman–Crippen LogP) is 4.84. The van der Waals surface area contributed by atoms with Gasteiger partial charge in [-0.1, -0.05) is 95.8 Å². The van der Waals surface area contributed by atoms with Crippen LogP contribution in [0.2, 0.25) is 0 Å². The lowest BCUT2D eigenvalue weighted by molar-refractivity contribution is -0.407. The molecular formula is C52H64ClF2N5O11. The van der Waals surface area contributed by atoms with Gasteiger partial charge in [-0.25, -0.2) is 28.0 Å². The lowest BCUT2D eigenvalue weighted by Crippen LogP contribution is -3.00. The molecule has 6 aromatic rings. The lowest BCUT2D eigenvalue weighted by Gasteiger charge is -2.23. The van der Waals surface area contributed by atoms with Gasteiger partial charge in [0.25, 0.3) is 0 Å². The summed E-state index contributed by atoms with van der Waals surface area (Å²) in [5, 5.41) is 15.3. The second-order valence-electron chi connectivity index (χ2n) is 16.7. The van der Waals surface area contributed by atoms with Crippen LogP contribution in [0.5, 0.6) is 0 Å². The van der Waals surface area contributed by atoms with Crippen LogP contribution < -0.4 is 28.8 Å². The number of H-pyrrole nitrogens is 2. The fourth-order valence-electron chi connectivity index (χ4n) is 7.11. The number of aliphatic carboxylic acids is 1. The second kappa shape index (κ2) is 29.7. The summed E-state index contributed by atoms with van der Waals surface area (Å²) in [4.78, 5) is 77.6. The van der Waals surface area contributed by atoms with Gasteiger partial charge in [-0.05, 0) is 76.9 Å². The van der Waals surface area contributed by atoms with Crippen LogP contribution in [0.3, 0.4) is 0 Å². The minimum absolute atomic E-state index is 0. The first-order chi connectivity index (χ1) is 32.9. The van der Waals surface area contributed by atoms with E-state index in [0.717, 1.165) is 33.1 Å². The van der Waals surface area contributed by atoms with Crippen molar-refractivity contribution in [1.82, 2.24) is 20.6 Å². The fourth-order valence-corrected chi connectivity index (χ4v) is 7.11. The van der Waals surface area contributed by atoms with Crippen LogP contribution in [0, 0.1) is 29.4 Å². The number of halogens is 3. The molecule has 0 spiro atoms. The van der Waals surface area contributed by atoms with E-state index >= 15 is 0 Å². The number of aromatic amines is 2. The highest BCUT2D eigenvalue weighted by Crippen LogP contribution is 2.25. The van der Waals surface area contributed by atoms with Crippen LogP contribution in [0.1, 0.15) is 63.8 Å². The number of nitrogens with one attached hydrogen (secondary N) is 4. The first-order valence-electron chi connectivity index (χ1n) is 22.1. The van der Waals surface area contributed by atoms with Gasteiger partial charge in [0.2, 0.25) is 0 Å². The quantitative estimate of drug-likeness (QED) is 0.0503. The van der Waals surface area contributed by atoms with E-state index < -0.39 is 54.0 Å². The van der Waals surface area contributed by atoms with Crippen LogP contribution in [-0.4, -0.2) is 83.3 Å². The standard InChI is InChI=1S/C26H29FN2O5.C13H17NO4.C12H13FN2O2.CH4.ClH/c1-16(2)24(29-26(32)34-15-17-7-5-4-6-8-17)23(30)12-18(25(31)33-3)11-19-14-28-22-10-9-20(27)13-21(19)22;1-9(2)11(12(15)16)14-13(17)18-8-10-6-4-3-5-7-10;1-17-12(16)10(14)4-7-6-15-11-3-2-8(13)5-9(7)11;;/h4-10,13-14,16,18,24,28H,11-12,15H2,1-3H3,(H,29,32);3-7,9,11H,8H2,1-2H3,(H,14,17)(H,15,16);2-3,5-6,10,15H,4,14H2,1H3;1H4;1H/t18?,24-;11-;;;/m00.../s1. The molecular weight excluding hydrogens is 944 g/mol. The van der Waals surface area contributed by atoms with Gasteiger partial charge in [0.05, 0.1) is 26.2 Å². The number of carboxylic acid groups (broad SMARTS) is 1. The Morgan fingerprint density at radius 3 is 1.46 bits per heavy atom. The van der Waals surface area contributed by atoms with E-state index in [0.29, 0.717) is 17.4 Å². The van der Waals surface area contributed by atoms with Gasteiger partial charge >= 0.3 is 30.1 Å². The number of hydrogen-bond acceptors (Lipinski definition) is 10. The molecule has 4 atom stereocenters. The zero-order valence-electron chi connectivity index (χ0n) is 39.8. The van der Waals surface area contributed by atoms with E-state index in [-0.39, 0.29) is 75.3 Å². The molecule has 71 heavy (non-hydrogen) atoms. The highest BCUT2D eigenvalue weighted by atomic mass is 35.5. The molecule has 0 radical (unpaired) electrons. The Morgan fingerprint density at radius 2 is 1.06 bits per heavy atom. The summed E-state index contributed by atoms with van der Waals surface area (Å²) in [7, 11) is 2.59. The highest BCUT2D eigenvalue weighted by Gasteiger charge is 2.31. The first-order valence-corrected chi connectivity index (χ1v) is 22.1. The van der Waals surface area contributed by atoms with Crippen LogP contribution in [-0.2, 0) is 64.2 Å². The summed E-state index contributed by atoms with van der Waals surface area (Å²) < 4.78 is 46.6. The fraction of sp³-hybridized carbons (Fsp3) is 0.346.